The molecule has 1 aliphatic rings. The van der Waals surface area contributed by atoms with E-state index >= 15 is 0 Å². The standard InChI is InChI=1S/C27H35ClN6O2/c1-6-21-25(30-22-16-33(17-23(22)36-8-3)24-11-9-10-14-29-24)27(35)34(7-2)26(31-21)19-13-12-18(32(4)5)15-20(19)28/h9-15,22-23,30H,6-8,16-17H2,1-5H3/t22?,23-/m0/s1. The smallest absolute Gasteiger partial charge is 0.277 e. The zero-order valence-corrected chi connectivity index (χ0v) is 22.4. The third kappa shape index (κ3) is 5.20. The molecule has 0 amide bonds. The van der Waals surface area contributed by atoms with E-state index in [1.807, 2.05) is 76.2 Å². The van der Waals surface area contributed by atoms with Gasteiger partial charge in [-0.3, -0.25) is 9.36 Å². The molecule has 36 heavy (non-hydrogen) atoms. The number of ether oxygens (including phenoxy) is 1. The number of nitrogens with one attached hydrogen (secondary N) is 1. The number of pyridine rings is 1. The minimum absolute atomic E-state index is 0.0779. The number of rotatable bonds is 9. The van der Waals surface area contributed by atoms with Gasteiger partial charge in [-0.1, -0.05) is 24.6 Å². The van der Waals surface area contributed by atoms with E-state index in [-0.39, 0.29) is 17.7 Å². The van der Waals surface area contributed by atoms with Crippen molar-refractivity contribution in [2.24, 2.45) is 0 Å². The molecule has 3 heterocycles. The molecular weight excluding hydrogens is 476 g/mol. The quantitative estimate of drug-likeness (QED) is 0.459. The van der Waals surface area contributed by atoms with Crippen molar-refractivity contribution in [1.82, 2.24) is 14.5 Å². The summed E-state index contributed by atoms with van der Waals surface area (Å²) >= 11 is 6.66. The van der Waals surface area contributed by atoms with E-state index in [4.69, 9.17) is 21.3 Å². The number of benzene rings is 1. The first-order valence-corrected chi connectivity index (χ1v) is 12.9. The van der Waals surface area contributed by atoms with E-state index in [9.17, 15) is 4.79 Å². The van der Waals surface area contributed by atoms with Crippen molar-refractivity contribution in [3.05, 3.63) is 63.7 Å². The molecule has 192 valence electrons. The van der Waals surface area contributed by atoms with Crippen LogP contribution in [0.5, 0.6) is 0 Å². The molecule has 9 heteroatoms. The Kier molecular flexibility index (Phi) is 8.16. The number of halogens is 1. The van der Waals surface area contributed by atoms with Crippen LogP contribution in [0.3, 0.4) is 0 Å². The van der Waals surface area contributed by atoms with Gasteiger partial charge < -0.3 is 19.9 Å². The minimum atomic E-state index is -0.0985. The van der Waals surface area contributed by atoms with Crippen LogP contribution >= 0.6 is 11.6 Å². The Morgan fingerprint density at radius 2 is 1.97 bits per heavy atom. The summed E-state index contributed by atoms with van der Waals surface area (Å²) in [7, 11) is 3.93. The number of hydrogen-bond donors (Lipinski definition) is 1. The van der Waals surface area contributed by atoms with Gasteiger partial charge in [0.2, 0.25) is 0 Å². The maximum Gasteiger partial charge on any atom is 0.277 e. The zero-order chi connectivity index (χ0) is 25.8. The summed E-state index contributed by atoms with van der Waals surface area (Å²) in [5.41, 5.74) is 2.89. The lowest BCUT2D eigenvalue weighted by atomic mass is 10.1. The summed E-state index contributed by atoms with van der Waals surface area (Å²) < 4.78 is 7.76. The predicted octanol–water partition coefficient (Wildman–Crippen LogP) is 4.31. The SMILES string of the molecule is CCO[C@H]1CN(c2ccccn2)CC1Nc1c(CC)nc(-c2ccc(N(C)C)cc2Cl)n(CC)c1=O. The molecule has 1 aliphatic heterocycles. The van der Waals surface area contributed by atoms with Gasteiger partial charge >= 0.3 is 0 Å². The summed E-state index contributed by atoms with van der Waals surface area (Å²) in [5, 5.41) is 4.09. The van der Waals surface area contributed by atoms with Crippen LogP contribution in [0.2, 0.25) is 5.02 Å². The Bertz CT molecular complexity index is 1250. The minimum Gasteiger partial charge on any atom is -0.378 e. The van der Waals surface area contributed by atoms with Gasteiger partial charge in [-0.2, -0.15) is 0 Å². The molecule has 3 aromatic rings. The van der Waals surface area contributed by atoms with E-state index in [1.165, 1.54) is 0 Å². The van der Waals surface area contributed by atoms with Gasteiger partial charge in [-0.15, -0.1) is 0 Å². The molecule has 0 saturated carbocycles. The van der Waals surface area contributed by atoms with Crippen molar-refractivity contribution in [3.63, 3.8) is 0 Å². The fraction of sp³-hybridized carbons (Fsp3) is 0.444. The number of aromatic nitrogens is 3. The number of hydrogen-bond acceptors (Lipinski definition) is 7. The highest BCUT2D eigenvalue weighted by Gasteiger charge is 2.35. The number of aryl methyl sites for hydroxylation is 1. The lowest BCUT2D eigenvalue weighted by Crippen LogP contribution is -2.38. The fourth-order valence-electron chi connectivity index (χ4n) is 4.67. The maximum atomic E-state index is 13.8. The summed E-state index contributed by atoms with van der Waals surface area (Å²) in [6.07, 6.45) is 2.32. The van der Waals surface area contributed by atoms with Crippen LogP contribution in [0.15, 0.2) is 47.4 Å². The first-order chi connectivity index (χ1) is 17.4. The van der Waals surface area contributed by atoms with Crippen molar-refractivity contribution in [2.45, 2.75) is 45.9 Å². The molecule has 2 atom stereocenters. The van der Waals surface area contributed by atoms with Crippen molar-refractivity contribution >= 4 is 28.8 Å². The first-order valence-electron chi connectivity index (χ1n) is 12.5. The Morgan fingerprint density at radius 1 is 1.17 bits per heavy atom. The molecule has 0 aliphatic carbocycles. The molecule has 1 N–H and O–H groups in total. The third-order valence-corrected chi connectivity index (χ3v) is 6.87. The second-order valence-corrected chi connectivity index (χ2v) is 9.46. The van der Waals surface area contributed by atoms with Crippen molar-refractivity contribution in [3.8, 4) is 11.4 Å². The first kappa shape index (κ1) is 26.0. The van der Waals surface area contributed by atoms with Gasteiger partial charge in [0.25, 0.3) is 5.56 Å². The number of nitrogens with zero attached hydrogens (tertiary/aromatic N) is 5. The van der Waals surface area contributed by atoms with Crippen LogP contribution in [0.25, 0.3) is 11.4 Å². The highest BCUT2D eigenvalue weighted by atomic mass is 35.5. The zero-order valence-electron chi connectivity index (χ0n) is 21.7. The molecule has 0 bridgehead atoms. The summed E-state index contributed by atoms with van der Waals surface area (Å²) in [6.45, 7) is 8.40. The molecule has 1 saturated heterocycles. The normalized spacial score (nSPS) is 17.4. The highest BCUT2D eigenvalue weighted by Crippen LogP contribution is 2.31. The van der Waals surface area contributed by atoms with E-state index in [0.717, 1.165) is 22.8 Å². The molecule has 1 fully saturated rings. The van der Waals surface area contributed by atoms with Crippen LogP contribution in [-0.4, -0.2) is 60.5 Å². The van der Waals surface area contributed by atoms with Crippen LogP contribution in [-0.2, 0) is 17.7 Å². The number of anilines is 3. The molecule has 8 nitrogen and oxygen atoms in total. The van der Waals surface area contributed by atoms with E-state index in [2.05, 4.69) is 15.2 Å². The highest BCUT2D eigenvalue weighted by molar-refractivity contribution is 6.33. The van der Waals surface area contributed by atoms with Crippen LogP contribution in [0, 0.1) is 0 Å². The second kappa shape index (κ2) is 11.3. The van der Waals surface area contributed by atoms with E-state index in [1.54, 1.807) is 10.8 Å². The summed E-state index contributed by atoms with van der Waals surface area (Å²) in [5.74, 6) is 1.49. The Balaban J connectivity index is 1.71. The van der Waals surface area contributed by atoms with Gasteiger partial charge in [0.05, 0.1) is 22.9 Å². The Labute approximate surface area is 217 Å². The molecular formula is C27H35ClN6O2. The molecule has 1 aromatic carbocycles. The average Bonchev–Trinajstić information content (AvgIpc) is 3.28. The maximum absolute atomic E-state index is 13.8. The van der Waals surface area contributed by atoms with Gasteiger partial charge in [0.1, 0.15) is 17.3 Å². The van der Waals surface area contributed by atoms with Crippen LogP contribution in [0.1, 0.15) is 26.5 Å². The second-order valence-electron chi connectivity index (χ2n) is 9.06. The van der Waals surface area contributed by atoms with Crippen molar-refractivity contribution in [1.29, 1.82) is 0 Å². The largest absolute Gasteiger partial charge is 0.378 e. The van der Waals surface area contributed by atoms with Crippen LogP contribution < -0.4 is 20.7 Å². The lowest BCUT2D eigenvalue weighted by molar-refractivity contribution is 0.0719. The average molecular weight is 511 g/mol. The predicted molar refractivity (Wildman–Crippen MR) is 148 cm³/mol. The molecule has 1 unspecified atom stereocenters. The Hall–Kier alpha value is -3.10. The van der Waals surface area contributed by atoms with Crippen LogP contribution in [0.4, 0.5) is 17.2 Å². The summed E-state index contributed by atoms with van der Waals surface area (Å²) in [6, 6.07) is 11.6. The van der Waals surface area contributed by atoms with E-state index in [0.29, 0.717) is 49.2 Å². The van der Waals surface area contributed by atoms with E-state index < -0.39 is 0 Å². The molecule has 2 aromatic heterocycles. The lowest BCUT2D eigenvalue weighted by Gasteiger charge is -2.23. The Morgan fingerprint density at radius 3 is 2.58 bits per heavy atom. The fourth-order valence-corrected chi connectivity index (χ4v) is 4.93. The molecule has 4 rings (SSSR count). The van der Waals surface area contributed by atoms with Gasteiger partial charge in [0.15, 0.2) is 0 Å². The summed E-state index contributed by atoms with van der Waals surface area (Å²) in [4.78, 5) is 27.4. The van der Waals surface area contributed by atoms with Crippen molar-refractivity contribution < 1.29 is 4.74 Å². The monoisotopic (exact) mass is 510 g/mol. The van der Waals surface area contributed by atoms with Gasteiger partial charge in [-0.25, -0.2) is 9.97 Å². The topological polar surface area (TPSA) is 75.5 Å². The van der Waals surface area contributed by atoms with Gasteiger partial charge in [0, 0.05) is 57.8 Å². The van der Waals surface area contributed by atoms with Crippen molar-refractivity contribution in [2.75, 3.05) is 48.9 Å². The molecule has 0 spiro atoms. The third-order valence-electron chi connectivity index (χ3n) is 6.56. The molecule has 0 radical (unpaired) electrons. The van der Waals surface area contributed by atoms with Gasteiger partial charge in [-0.05, 0) is 50.6 Å².